The number of rotatable bonds is 0. The van der Waals surface area contributed by atoms with Crippen LogP contribution in [0.5, 0.6) is 0 Å². The summed E-state index contributed by atoms with van der Waals surface area (Å²) in [5.41, 5.74) is 0. The summed E-state index contributed by atoms with van der Waals surface area (Å²) in [5, 5.41) is 36.0. The third-order valence-electron chi connectivity index (χ3n) is 1.83. The molecule has 66 valence electrons. The zero-order chi connectivity index (χ0) is 8.59. The molecular weight excluding hydrogens is 152 g/mol. The molecule has 0 aromatic rings. The molecular formula is C6H12O5. The summed E-state index contributed by atoms with van der Waals surface area (Å²) >= 11 is 0. The minimum atomic E-state index is -1.43. The fourth-order valence-electron chi connectivity index (χ4n) is 1.03. The molecule has 5 heteroatoms. The van der Waals surface area contributed by atoms with Crippen LogP contribution in [0.15, 0.2) is 0 Å². The third-order valence-corrected chi connectivity index (χ3v) is 1.83. The summed E-state index contributed by atoms with van der Waals surface area (Å²) in [6, 6.07) is 0. The maximum Gasteiger partial charge on any atom is 0.183 e. The van der Waals surface area contributed by atoms with Gasteiger partial charge in [-0.2, -0.15) is 0 Å². The lowest BCUT2D eigenvalue weighted by atomic mass is 10.0. The quantitative estimate of drug-likeness (QED) is 0.326. The summed E-state index contributed by atoms with van der Waals surface area (Å²) in [6.07, 6.45) is -5.99. The Morgan fingerprint density at radius 2 is 1.45 bits per heavy atom. The molecule has 0 saturated carbocycles. The SMILES string of the molecule is C[C@H]1O[C@H](O)[C@H](O)[C@H](O)[C@H]1O. The van der Waals surface area contributed by atoms with Gasteiger partial charge in [-0.05, 0) is 6.92 Å². The number of hydrogen-bond donors (Lipinski definition) is 4. The lowest BCUT2D eigenvalue weighted by molar-refractivity contribution is -0.277. The van der Waals surface area contributed by atoms with Gasteiger partial charge in [0.25, 0.3) is 0 Å². The Bertz CT molecular complexity index is 125. The minimum absolute atomic E-state index is 0.664. The van der Waals surface area contributed by atoms with Crippen molar-refractivity contribution in [3.8, 4) is 0 Å². The summed E-state index contributed by atoms with van der Waals surface area (Å²) in [6.45, 7) is 1.50. The molecule has 1 aliphatic heterocycles. The molecule has 1 saturated heterocycles. The molecule has 5 nitrogen and oxygen atoms in total. The minimum Gasteiger partial charge on any atom is -0.388 e. The van der Waals surface area contributed by atoms with E-state index >= 15 is 0 Å². The molecule has 0 spiro atoms. The molecule has 0 aliphatic carbocycles. The van der Waals surface area contributed by atoms with E-state index in [-0.39, 0.29) is 0 Å². The highest BCUT2D eigenvalue weighted by Crippen LogP contribution is 2.18. The molecule has 1 fully saturated rings. The lowest BCUT2D eigenvalue weighted by Crippen LogP contribution is -2.56. The van der Waals surface area contributed by atoms with Gasteiger partial charge in [-0.1, -0.05) is 0 Å². The Labute approximate surface area is 63.8 Å². The van der Waals surface area contributed by atoms with Crippen LogP contribution in [0.3, 0.4) is 0 Å². The van der Waals surface area contributed by atoms with Crippen LogP contribution in [0.4, 0.5) is 0 Å². The van der Waals surface area contributed by atoms with Crippen molar-refractivity contribution >= 4 is 0 Å². The van der Waals surface area contributed by atoms with Crippen molar-refractivity contribution in [2.24, 2.45) is 0 Å². The molecule has 0 bridgehead atoms. The normalized spacial score (nSPS) is 52.6. The van der Waals surface area contributed by atoms with E-state index in [1.807, 2.05) is 0 Å². The number of hydrogen-bond acceptors (Lipinski definition) is 5. The van der Waals surface area contributed by atoms with Crippen LogP contribution in [-0.2, 0) is 4.74 Å². The first-order chi connectivity index (χ1) is 5.04. The first kappa shape index (κ1) is 8.89. The molecule has 5 atom stereocenters. The molecule has 0 amide bonds. The van der Waals surface area contributed by atoms with Gasteiger partial charge in [0.05, 0.1) is 6.10 Å². The van der Waals surface area contributed by atoms with E-state index in [1.165, 1.54) is 6.92 Å². The Morgan fingerprint density at radius 1 is 0.909 bits per heavy atom. The van der Waals surface area contributed by atoms with Crippen LogP contribution >= 0.6 is 0 Å². The highest BCUT2D eigenvalue weighted by atomic mass is 16.6. The largest absolute Gasteiger partial charge is 0.388 e. The number of aliphatic hydroxyl groups excluding tert-OH is 4. The van der Waals surface area contributed by atoms with E-state index in [0.717, 1.165) is 0 Å². The van der Waals surface area contributed by atoms with Crippen molar-refractivity contribution < 1.29 is 25.2 Å². The summed E-state index contributed by atoms with van der Waals surface area (Å²) in [4.78, 5) is 0. The van der Waals surface area contributed by atoms with E-state index in [0.29, 0.717) is 0 Å². The highest BCUT2D eigenvalue weighted by Gasteiger charge is 2.40. The van der Waals surface area contributed by atoms with E-state index in [4.69, 9.17) is 20.4 Å². The van der Waals surface area contributed by atoms with Crippen molar-refractivity contribution in [2.45, 2.75) is 37.6 Å². The maximum absolute atomic E-state index is 9.09. The van der Waals surface area contributed by atoms with E-state index < -0.39 is 30.7 Å². The molecule has 11 heavy (non-hydrogen) atoms. The smallest absolute Gasteiger partial charge is 0.183 e. The van der Waals surface area contributed by atoms with Gasteiger partial charge in [-0.25, -0.2) is 0 Å². The Hall–Kier alpha value is -0.200. The van der Waals surface area contributed by atoms with Crippen molar-refractivity contribution in [3.05, 3.63) is 0 Å². The fraction of sp³-hybridized carbons (Fsp3) is 1.00. The van der Waals surface area contributed by atoms with Crippen LogP contribution in [-0.4, -0.2) is 51.1 Å². The fourth-order valence-corrected chi connectivity index (χ4v) is 1.03. The second-order valence-electron chi connectivity index (χ2n) is 2.70. The van der Waals surface area contributed by atoms with Gasteiger partial charge in [0, 0.05) is 0 Å². The van der Waals surface area contributed by atoms with Gasteiger partial charge in [0.2, 0.25) is 0 Å². The first-order valence-electron chi connectivity index (χ1n) is 3.41. The van der Waals surface area contributed by atoms with E-state index in [9.17, 15) is 0 Å². The predicted octanol–water partition coefficient (Wildman–Crippen LogP) is -2.19. The maximum atomic E-state index is 9.09. The highest BCUT2D eigenvalue weighted by molar-refractivity contribution is 4.86. The Balaban J connectivity index is 2.63. The van der Waals surface area contributed by atoms with E-state index in [2.05, 4.69) is 4.74 Å². The van der Waals surface area contributed by atoms with Crippen LogP contribution < -0.4 is 0 Å². The summed E-state index contributed by atoms with van der Waals surface area (Å²) in [5.74, 6) is 0. The molecule has 0 radical (unpaired) electrons. The molecule has 0 unspecified atom stereocenters. The molecule has 1 rings (SSSR count). The average Bonchev–Trinajstić information content (AvgIpc) is 1.97. The van der Waals surface area contributed by atoms with Crippen LogP contribution in [0.1, 0.15) is 6.92 Å². The standard InChI is InChI=1S/C6H12O5/c1-2-3(7)4(8)5(9)6(10)11-2/h2-10H,1H3/t2-,3+,4-,5-,6+/m1/s1. The molecule has 0 aromatic heterocycles. The van der Waals surface area contributed by atoms with Crippen molar-refractivity contribution in [3.63, 3.8) is 0 Å². The van der Waals surface area contributed by atoms with Crippen LogP contribution in [0.2, 0.25) is 0 Å². The lowest BCUT2D eigenvalue weighted by Gasteiger charge is -2.36. The van der Waals surface area contributed by atoms with Gasteiger partial charge in [0.1, 0.15) is 18.3 Å². The predicted molar refractivity (Wildman–Crippen MR) is 34.6 cm³/mol. The second kappa shape index (κ2) is 3.04. The van der Waals surface area contributed by atoms with Gasteiger partial charge >= 0.3 is 0 Å². The van der Waals surface area contributed by atoms with Crippen LogP contribution in [0.25, 0.3) is 0 Å². The van der Waals surface area contributed by atoms with Gasteiger partial charge in [0.15, 0.2) is 6.29 Å². The zero-order valence-electron chi connectivity index (χ0n) is 6.08. The molecule has 4 N–H and O–H groups in total. The van der Waals surface area contributed by atoms with Crippen molar-refractivity contribution in [1.29, 1.82) is 0 Å². The van der Waals surface area contributed by atoms with Gasteiger partial charge in [-0.3, -0.25) is 0 Å². The first-order valence-corrected chi connectivity index (χ1v) is 3.41. The topological polar surface area (TPSA) is 90.2 Å². The average molecular weight is 164 g/mol. The summed E-state index contributed by atoms with van der Waals surface area (Å²) in [7, 11) is 0. The Morgan fingerprint density at radius 3 is 2.00 bits per heavy atom. The number of ether oxygens (including phenoxy) is 1. The van der Waals surface area contributed by atoms with Gasteiger partial charge < -0.3 is 25.2 Å². The second-order valence-corrected chi connectivity index (χ2v) is 2.70. The zero-order valence-corrected chi connectivity index (χ0v) is 6.08. The Kier molecular flexibility index (Phi) is 2.46. The molecule has 1 heterocycles. The summed E-state index contributed by atoms with van der Waals surface area (Å²) < 4.78 is 4.68. The van der Waals surface area contributed by atoms with Gasteiger partial charge in [-0.15, -0.1) is 0 Å². The van der Waals surface area contributed by atoms with Crippen LogP contribution in [0, 0.1) is 0 Å². The molecule has 0 aromatic carbocycles. The van der Waals surface area contributed by atoms with Crippen molar-refractivity contribution in [1.82, 2.24) is 0 Å². The monoisotopic (exact) mass is 164 g/mol. The van der Waals surface area contributed by atoms with Crippen molar-refractivity contribution in [2.75, 3.05) is 0 Å². The molecule has 1 aliphatic rings. The third kappa shape index (κ3) is 1.52. The number of aliphatic hydroxyl groups is 4. The van der Waals surface area contributed by atoms with E-state index in [1.54, 1.807) is 0 Å².